The van der Waals surface area contributed by atoms with Crippen molar-refractivity contribution in [3.8, 4) is 0 Å². The van der Waals surface area contributed by atoms with E-state index in [1.165, 1.54) is 6.08 Å². The number of hydrogen-bond donors (Lipinski definition) is 1. The van der Waals surface area contributed by atoms with Crippen molar-refractivity contribution in [3.63, 3.8) is 0 Å². The number of ether oxygens (including phenoxy) is 1. The molecule has 0 aliphatic heterocycles. The smallest absolute Gasteiger partial charge is 0.331 e. The molecule has 4 nitrogen and oxygen atoms in total. The quantitative estimate of drug-likeness (QED) is 0.456. The van der Waals surface area contributed by atoms with Crippen molar-refractivity contribution in [2.45, 2.75) is 11.8 Å². The maximum Gasteiger partial charge on any atom is 0.331 e. The van der Waals surface area contributed by atoms with Crippen LogP contribution in [-0.4, -0.2) is 24.7 Å². The summed E-state index contributed by atoms with van der Waals surface area (Å²) >= 11 is 7.55. The first-order valence-electron chi connectivity index (χ1n) is 7.53. The molecule has 0 atom stereocenters. The van der Waals surface area contributed by atoms with Crippen LogP contribution in [0.2, 0.25) is 5.02 Å². The third-order valence-corrected chi connectivity index (χ3v) is 4.33. The zero-order valence-corrected chi connectivity index (χ0v) is 15.5. The Labute approximate surface area is 156 Å². The van der Waals surface area contributed by atoms with Gasteiger partial charge in [-0.3, -0.25) is 4.79 Å². The number of hydrogen-bond acceptors (Lipinski definition) is 4. The van der Waals surface area contributed by atoms with E-state index in [2.05, 4.69) is 5.32 Å². The predicted octanol–water partition coefficient (Wildman–Crippen LogP) is 4.57. The number of thioether (sulfide) groups is 1. The molecule has 0 saturated heterocycles. The summed E-state index contributed by atoms with van der Waals surface area (Å²) in [5.41, 5.74) is 2.35. The van der Waals surface area contributed by atoms with Gasteiger partial charge in [-0.1, -0.05) is 29.8 Å². The van der Waals surface area contributed by atoms with Gasteiger partial charge in [0, 0.05) is 21.7 Å². The molecule has 0 aliphatic rings. The van der Waals surface area contributed by atoms with Crippen molar-refractivity contribution in [1.82, 2.24) is 0 Å². The fraction of sp³-hybridized carbons (Fsp3) is 0.158. The molecule has 0 aromatic heterocycles. The molecule has 1 N–H and O–H groups in total. The van der Waals surface area contributed by atoms with Crippen LogP contribution in [0.3, 0.4) is 0 Å². The standard InChI is InChI=1S/C19H18ClNO3S/c1-13-3-7-15(20)11-17(13)21-18(22)12-24-19(23)10-6-14-4-8-16(25-2)9-5-14/h3-11H,12H2,1-2H3,(H,21,22)/b10-6+. The number of carbonyl (C=O) groups is 2. The first-order valence-corrected chi connectivity index (χ1v) is 9.13. The average Bonchev–Trinajstić information content (AvgIpc) is 2.61. The molecule has 2 aromatic rings. The summed E-state index contributed by atoms with van der Waals surface area (Å²) in [6.07, 6.45) is 4.94. The maximum atomic E-state index is 11.9. The molecule has 130 valence electrons. The zero-order valence-electron chi connectivity index (χ0n) is 13.9. The van der Waals surface area contributed by atoms with Gasteiger partial charge in [-0.25, -0.2) is 4.79 Å². The second-order valence-corrected chi connectivity index (χ2v) is 6.54. The number of nitrogens with one attached hydrogen (secondary N) is 1. The Morgan fingerprint density at radius 2 is 1.92 bits per heavy atom. The lowest BCUT2D eigenvalue weighted by atomic mass is 10.2. The SMILES string of the molecule is CSc1ccc(/C=C/C(=O)OCC(=O)Nc2cc(Cl)ccc2C)cc1. The molecular formula is C19H18ClNO3S. The van der Waals surface area contributed by atoms with Gasteiger partial charge >= 0.3 is 5.97 Å². The zero-order chi connectivity index (χ0) is 18.2. The minimum Gasteiger partial charge on any atom is -0.452 e. The lowest BCUT2D eigenvalue weighted by Crippen LogP contribution is -2.20. The van der Waals surface area contributed by atoms with Crippen molar-refractivity contribution in [2.75, 3.05) is 18.2 Å². The van der Waals surface area contributed by atoms with E-state index in [0.717, 1.165) is 16.0 Å². The Kier molecular flexibility index (Phi) is 7.10. The third kappa shape index (κ3) is 6.29. The molecule has 0 fully saturated rings. The Balaban J connectivity index is 1.83. The summed E-state index contributed by atoms with van der Waals surface area (Å²) < 4.78 is 4.94. The Bertz CT molecular complexity index is 788. The normalized spacial score (nSPS) is 10.7. The Morgan fingerprint density at radius 3 is 2.60 bits per heavy atom. The monoisotopic (exact) mass is 375 g/mol. The summed E-state index contributed by atoms with van der Waals surface area (Å²) in [6.45, 7) is 1.49. The number of carbonyl (C=O) groups excluding carboxylic acids is 2. The minimum absolute atomic E-state index is 0.361. The molecule has 0 radical (unpaired) electrons. The molecule has 2 aromatic carbocycles. The van der Waals surface area contributed by atoms with E-state index in [1.54, 1.807) is 36.0 Å². The first-order chi connectivity index (χ1) is 12.0. The van der Waals surface area contributed by atoms with E-state index in [9.17, 15) is 9.59 Å². The fourth-order valence-electron chi connectivity index (χ4n) is 1.98. The van der Waals surface area contributed by atoms with Crippen molar-refractivity contribution >= 4 is 47.0 Å². The van der Waals surface area contributed by atoms with Gasteiger partial charge in [0.15, 0.2) is 6.61 Å². The summed E-state index contributed by atoms with van der Waals surface area (Å²) in [4.78, 5) is 24.7. The van der Waals surface area contributed by atoms with Crippen molar-refractivity contribution in [3.05, 3.63) is 64.7 Å². The lowest BCUT2D eigenvalue weighted by Gasteiger charge is -2.08. The van der Waals surface area contributed by atoms with Gasteiger partial charge in [-0.2, -0.15) is 0 Å². The van der Waals surface area contributed by atoms with E-state index >= 15 is 0 Å². The highest BCUT2D eigenvalue weighted by molar-refractivity contribution is 7.98. The van der Waals surface area contributed by atoms with Crippen LogP contribution >= 0.6 is 23.4 Å². The van der Waals surface area contributed by atoms with Crippen LogP contribution in [0.25, 0.3) is 6.08 Å². The molecule has 2 rings (SSSR count). The van der Waals surface area contributed by atoms with E-state index in [1.807, 2.05) is 37.4 Å². The average molecular weight is 376 g/mol. The van der Waals surface area contributed by atoms with Crippen molar-refractivity contribution < 1.29 is 14.3 Å². The van der Waals surface area contributed by atoms with Crippen molar-refractivity contribution in [2.24, 2.45) is 0 Å². The Morgan fingerprint density at radius 1 is 1.20 bits per heavy atom. The van der Waals surface area contributed by atoms with Gasteiger partial charge in [-0.05, 0) is 54.6 Å². The first kappa shape index (κ1) is 19.1. The number of aryl methyl sites for hydroxylation is 1. The molecule has 6 heteroatoms. The van der Waals surface area contributed by atoms with E-state index in [0.29, 0.717) is 10.7 Å². The van der Waals surface area contributed by atoms with E-state index in [4.69, 9.17) is 16.3 Å². The van der Waals surface area contributed by atoms with Gasteiger partial charge in [-0.15, -0.1) is 11.8 Å². The van der Waals surface area contributed by atoms with Gasteiger partial charge in [0.05, 0.1) is 0 Å². The highest BCUT2D eigenvalue weighted by atomic mass is 35.5. The number of rotatable bonds is 6. The maximum absolute atomic E-state index is 11.9. The number of esters is 1. The second kappa shape index (κ2) is 9.30. The number of halogens is 1. The van der Waals surface area contributed by atoms with E-state index in [-0.39, 0.29) is 6.61 Å². The highest BCUT2D eigenvalue weighted by Crippen LogP contribution is 2.20. The Hall–Kier alpha value is -2.24. The number of amides is 1. The summed E-state index contributed by atoms with van der Waals surface area (Å²) in [5.74, 6) is -0.997. The van der Waals surface area contributed by atoms with Crippen LogP contribution < -0.4 is 5.32 Å². The van der Waals surface area contributed by atoms with Gasteiger partial charge < -0.3 is 10.1 Å². The van der Waals surface area contributed by atoms with Gasteiger partial charge in [0.1, 0.15) is 0 Å². The molecule has 0 spiro atoms. The van der Waals surface area contributed by atoms with Crippen LogP contribution in [-0.2, 0) is 14.3 Å². The highest BCUT2D eigenvalue weighted by Gasteiger charge is 2.08. The molecular weight excluding hydrogens is 358 g/mol. The fourth-order valence-corrected chi connectivity index (χ4v) is 2.56. The van der Waals surface area contributed by atoms with Crippen LogP contribution in [0, 0.1) is 6.92 Å². The third-order valence-electron chi connectivity index (χ3n) is 3.35. The van der Waals surface area contributed by atoms with Crippen LogP contribution in [0.1, 0.15) is 11.1 Å². The van der Waals surface area contributed by atoms with Gasteiger partial charge in [0.2, 0.25) is 0 Å². The van der Waals surface area contributed by atoms with Gasteiger partial charge in [0.25, 0.3) is 5.91 Å². The minimum atomic E-state index is -0.577. The summed E-state index contributed by atoms with van der Waals surface area (Å²) in [7, 11) is 0. The molecule has 0 saturated carbocycles. The van der Waals surface area contributed by atoms with E-state index < -0.39 is 11.9 Å². The molecule has 0 unspecified atom stereocenters. The second-order valence-electron chi connectivity index (χ2n) is 5.22. The molecule has 25 heavy (non-hydrogen) atoms. The molecule has 0 heterocycles. The number of anilines is 1. The molecule has 0 aliphatic carbocycles. The number of benzene rings is 2. The van der Waals surface area contributed by atoms with Crippen LogP contribution in [0.4, 0.5) is 5.69 Å². The molecule has 1 amide bonds. The summed E-state index contributed by atoms with van der Waals surface area (Å²) in [6, 6.07) is 12.9. The lowest BCUT2D eigenvalue weighted by molar-refractivity contribution is -0.142. The van der Waals surface area contributed by atoms with Crippen molar-refractivity contribution in [1.29, 1.82) is 0 Å². The molecule has 0 bridgehead atoms. The van der Waals surface area contributed by atoms with Crippen LogP contribution in [0.5, 0.6) is 0 Å². The summed E-state index contributed by atoms with van der Waals surface area (Å²) in [5, 5.41) is 3.19. The largest absolute Gasteiger partial charge is 0.452 e. The van der Waals surface area contributed by atoms with Crippen LogP contribution in [0.15, 0.2) is 53.4 Å². The topological polar surface area (TPSA) is 55.4 Å². The predicted molar refractivity (Wildman–Crippen MR) is 103 cm³/mol.